The number of halogens is 1. The Hall–Kier alpha value is -3.65. The molecule has 0 spiro atoms. The molecule has 0 fully saturated rings. The van der Waals surface area contributed by atoms with E-state index in [-0.39, 0.29) is 22.3 Å². The molecule has 0 bridgehead atoms. The number of nitrogens with zero attached hydrogens (tertiary/aromatic N) is 3. The van der Waals surface area contributed by atoms with Crippen molar-refractivity contribution in [1.29, 1.82) is 0 Å². The van der Waals surface area contributed by atoms with Gasteiger partial charge in [-0.1, -0.05) is 17.7 Å². The maximum atomic E-state index is 13.4. The van der Waals surface area contributed by atoms with Crippen molar-refractivity contribution in [2.45, 2.75) is 60.1 Å². The molecule has 0 amide bonds. The summed E-state index contributed by atoms with van der Waals surface area (Å²) in [6.07, 6.45) is 1.70. The van der Waals surface area contributed by atoms with Crippen LogP contribution in [0.2, 0.25) is 5.15 Å². The largest absolute Gasteiger partial charge is 0.455 e. The van der Waals surface area contributed by atoms with Crippen LogP contribution in [-0.4, -0.2) is 26.3 Å². The smallest absolute Gasteiger partial charge is 0.359 e. The summed E-state index contributed by atoms with van der Waals surface area (Å²) in [5.74, 6) is -0.0988. The number of pyridine rings is 1. The summed E-state index contributed by atoms with van der Waals surface area (Å²) in [7, 11) is 1.84. The molecule has 0 aliphatic rings. The third-order valence-electron chi connectivity index (χ3n) is 6.16. The molecule has 0 radical (unpaired) electrons. The lowest BCUT2D eigenvalue weighted by molar-refractivity contribution is 0.00640. The van der Waals surface area contributed by atoms with Gasteiger partial charge in [0.1, 0.15) is 22.1 Å². The topological polar surface area (TPSA) is 99.2 Å². The maximum absolute atomic E-state index is 13.4. The second-order valence-electron chi connectivity index (χ2n) is 10.3. The zero-order chi connectivity index (χ0) is 27.2. The van der Waals surface area contributed by atoms with Gasteiger partial charge >= 0.3 is 5.97 Å². The second-order valence-corrected chi connectivity index (χ2v) is 10.7. The Balaban J connectivity index is 1.84. The Labute approximate surface area is 220 Å². The number of nitrogens with one attached hydrogen (secondary N) is 1. The molecular formula is C28H31ClN4O4. The number of benzene rings is 1. The normalized spacial score (nSPS) is 12.6. The van der Waals surface area contributed by atoms with Crippen LogP contribution in [0.4, 0.5) is 5.69 Å². The van der Waals surface area contributed by atoms with E-state index in [2.05, 4.69) is 15.4 Å². The fraction of sp³-hybridized carbons (Fsp3) is 0.357. The highest BCUT2D eigenvalue weighted by Gasteiger charge is 2.25. The quantitative estimate of drug-likeness (QED) is 0.242. The van der Waals surface area contributed by atoms with Crippen LogP contribution in [0.15, 0.2) is 39.7 Å². The van der Waals surface area contributed by atoms with Crippen LogP contribution < -0.4 is 10.7 Å². The van der Waals surface area contributed by atoms with E-state index in [1.807, 2.05) is 40.0 Å². The molecule has 4 rings (SSSR count). The summed E-state index contributed by atoms with van der Waals surface area (Å²) in [5, 5.41) is 8.33. The number of esters is 1. The minimum atomic E-state index is -0.696. The van der Waals surface area contributed by atoms with Crippen molar-refractivity contribution in [2.75, 3.05) is 5.32 Å². The third kappa shape index (κ3) is 5.25. The van der Waals surface area contributed by atoms with Gasteiger partial charge in [0.25, 0.3) is 0 Å². The fourth-order valence-corrected chi connectivity index (χ4v) is 4.36. The number of hydrogen-bond donors (Lipinski definition) is 1. The number of ether oxygens (including phenoxy) is 1. The summed E-state index contributed by atoms with van der Waals surface area (Å²) in [6.45, 7) is 12.9. The van der Waals surface area contributed by atoms with E-state index >= 15 is 0 Å². The monoisotopic (exact) mass is 522 g/mol. The summed E-state index contributed by atoms with van der Waals surface area (Å²) >= 11 is 6.10. The van der Waals surface area contributed by atoms with Crippen LogP contribution in [0.1, 0.15) is 66.6 Å². The van der Waals surface area contributed by atoms with Crippen LogP contribution in [0.3, 0.4) is 0 Å². The number of aryl methyl sites for hydroxylation is 2. The highest BCUT2D eigenvalue weighted by molar-refractivity contribution is 6.29. The number of carbonyl (C=O) groups excluding carboxylic acids is 1. The van der Waals surface area contributed by atoms with E-state index in [1.165, 1.54) is 0 Å². The molecule has 3 heterocycles. The second kappa shape index (κ2) is 9.67. The average Bonchev–Trinajstić information content (AvgIpc) is 3.14. The first-order chi connectivity index (χ1) is 17.3. The van der Waals surface area contributed by atoms with Gasteiger partial charge in [-0.2, -0.15) is 5.10 Å². The molecule has 1 N–H and O–H groups in total. The molecule has 37 heavy (non-hydrogen) atoms. The molecule has 3 aromatic heterocycles. The first-order valence-electron chi connectivity index (χ1n) is 12.0. The molecular weight excluding hydrogens is 492 g/mol. The van der Waals surface area contributed by atoms with Crippen LogP contribution in [0, 0.1) is 20.8 Å². The Kier molecular flexibility index (Phi) is 6.90. The molecule has 4 aromatic rings. The highest BCUT2D eigenvalue weighted by atomic mass is 35.5. The van der Waals surface area contributed by atoms with Crippen molar-refractivity contribution in [3.05, 3.63) is 73.9 Å². The lowest BCUT2D eigenvalue weighted by atomic mass is 9.99. The van der Waals surface area contributed by atoms with Crippen LogP contribution in [-0.2, 0) is 11.8 Å². The molecule has 1 atom stereocenters. The molecule has 1 aromatic carbocycles. The lowest BCUT2D eigenvalue weighted by Gasteiger charge is -2.22. The van der Waals surface area contributed by atoms with E-state index in [4.69, 9.17) is 20.8 Å². The number of hydrogen-bond acceptors (Lipinski definition) is 7. The molecule has 0 aliphatic heterocycles. The van der Waals surface area contributed by atoms with E-state index in [0.717, 1.165) is 22.4 Å². The summed E-state index contributed by atoms with van der Waals surface area (Å²) < 4.78 is 13.7. The zero-order valence-electron chi connectivity index (χ0n) is 22.3. The van der Waals surface area contributed by atoms with E-state index < -0.39 is 11.6 Å². The molecule has 9 heteroatoms. The SMILES string of the molecule is Cc1cc([C@@H](C)Nc2ccc(Cl)nc2C(=O)OC(C)(C)C)c2oc(-c3cnn(C)c3C)c(C)c(=O)c2c1. The lowest BCUT2D eigenvalue weighted by Crippen LogP contribution is -2.25. The fourth-order valence-electron chi connectivity index (χ4n) is 4.21. The van der Waals surface area contributed by atoms with Gasteiger partial charge in [-0.05, 0) is 72.2 Å². The van der Waals surface area contributed by atoms with Gasteiger partial charge in [0.15, 0.2) is 11.1 Å². The molecule has 0 saturated carbocycles. The van der Waals surface area contributed by atoms with Crippen LogP contribution in [0.5, 0.6) is 0 Å². The number of rotatable bonds is 5. The first kappa shape index (κ1) is 26.4. The zero-order valence-corrected chi connectivity index (χ0v) is 23.1. The number of anilines is 1. The van der Waals surface area contributed by atoms with E-state index in [1.54, 1.807) is 50.7 Å². The summed E-state index contributed by atoms with van der Waals surface area (Å²) in [6, 6.07) is 6.73. The van der Waals surface area contributed by atoms with Gasteiger partial charge in [-0.25, -0.2) is 9.78 Å². The molecule has 0 saturated heterocycles. The maximum Gasteiger partial charge on any atom is 0.359 e. The Bertz CT molecular complexity index is 1580. The van der Waals surface area contributed by atoms with Crippen molar-refractivity contribution >= 4 is 34.2 Å². The van der Waals surface area contributed by atoms with Gasteiger partial charge < -0.3 is 14.5 Å². The van der Waals surface area contributed by atoms with E-state index in [0.29, 0.717) is 28.0 Å². The van der Waals surface area contributed by atoms with Gasteiger partial charge in [0, 0.05) is 23.9 Å². The predicted octanol–water partition coefficient (Wildman–Crippen LogP) is 6.30. The number of fused-ring (bicyclic) bond motifs is 1. The van der Waals surface area contributed by atoms with Crippen molar-refractivity contribution in [3.8, 4) is 11.3 Å². The molecule has 8 nitrogen and oxygen atoms in total. The third-order valence-corrected chi connectivity index (χ3v) is 6.37. The number of aromatic nitrogens is 3. The van der Waals surface area contributed by atoms with Crippen molar-refractivity contribution in [1.82, 2.24) is 14.8 Å². The summed E-state index contributed by atoms with van der Waals surface area (Å²) in [4.78, 5) is 30.6. The Morgan fingerprint density at radius 1 is 1.19 bits per heavy atom. The van der Waals surface area contributed by atoms with E-state index in [9.17, 15) is 9.59 Å². The number of carbonyl (C=O) groups is 1. The molecule has 0 unspecified atom stereocenters. The van der Waals surface area contributed by atoms with Crippen molar-refractivity contribution < 1.29 is 13.9 Å². The van der Waals surface area contributed by atoms with Gasteiger partial charge in [0.05, 0.1) is 28.9 Å². The minimum absolute atomic E-state index is 0.0789. The molecule has 194 valence electrons. The Morgan fingerprint density at radius 2 is 1.89 bits per heavy atom. The standard InChI is InChI=1S/C28H31ClN4O4/c1-14-11-18(16(3)31-21-9-10-22(29)32-23(21)27(35)37-28(5,6)7)26-19(12-14)24(34)15(2)25(36-26)20-13-30-33(8)17(20)4/h9-13,16,31H,1-8H3/t16-/m1/s1. The Morgan fingerprint density at radius 3 is 2.51 bits per heavy atom. The van der Waals surface area contributed by atoms with Gasteiger partial charge in [-0.15, -0.1) is 0 Å². The van der Waals surface area contributed by atoms with Gasteiger partial charge in [-0.3, -0.25) is 9.48 Å². The van der Waals surface area contributed by atoms with Gasteiger partial charge in [0.2, 0.25) is 0 Å². The minimum Gasteiger partial charge on any atom is -0.455 e. The van der Waals surface area contributed by atoms with Crippen LogP contribution in [0.25, 0.3) is 22.3 Å². The predicted molar refractivity (Wildman–Crippen MR) is 145 cm³/mol. The van der Waals surface area contributed by atoms with Crippen LogP contribution >= 0.6 is 11.6 Å². The molecule has 0 aliphatic carbocycles. The first-order valence-corrected chi connectivity index (χ1v) is 12.4. The van der Waals surface area contributed by atoms with Crippen molar-refractivity contribution in [3.63, 3.8) is 0 Å². The highest BCUT2D eigenvalue weighted by Crippen LogP contribution is 2.33. The summed E-state index contributed by atoms with van der Waals surface area (Å²) in [5.41, 5.74) is 4.07. The van der Waals surface area contributed by atoms with Crippen molar-refractivity contribution in [2.24, 2.45) is 7.05 Å². The average molecular weight is 523 g/mol.